The van der Waals surface area contributed by atoms with Gasteiger partial charge in [-0.3, -0.25) is 14.1 Å². The molecule has 0 spiro atoms. The number of ether oxygens (including phenoxy) is 1. The van der Waals surface area contributed by atoms with Crippen LogP contribution < -0.4 is 14.5 Å². The predicted molar refractivity (Wildman–Crippen MR) is 158 cm³/mol. The van der Waals surface area contributed by atoms with Gasteiger partial charge in [-0.2, -0.15) is 0 Å². The Labute approximate surface area is 236 Å². The molecule has 206 valence electrons. The molecule has 0 aliphatic carbocycles. The summed E-state index contributed by atoms with van der Waals surface area (Å²) in [5, 5.41) is 3.87. The van der Waals surface area contributed by atoms with Crippen LogP contribution in [0.4, 0.5) is 11.5 Å². The molecule has 1 N–H and O–H groups in total. The average molecular weight is 557 g/mol. The molecule has 9 nitrogen and oxygen atoms in total. The summed E-state index contributed by atoms with van der Waals surface area (Å²) in [5.74, 6) is 0.715. The van der Waals surface area contributed by atoms with Crippen molar-refractivity contribution in [1.82, 2.24) is 20.3 Å². The Kier molecular flexibility index (Phi) is 7.20. The van der Waals surface area contributed by atoms with Crippen LogP contribution >= 0.6 is 0 Å². The van der Waals surface area contributed by atoms with Gasteiger partial charge in [-0.05, 0) is 68.3 Å². The first-order chi connectivity index (χ1) is 19.3. The second-order valence-corrected chi connectivity index (χ2v) is 11.7. The van der Waals surface area contributed by atoms with Gasteiger partial charge in [0.2, 0.25) is 0 Å². The lowest BCUT2D eigenvalue weighted by atomic mass is 10.1. The van der Waals surface area contributed by atoms with Crippen LogP contribution in [0, 0.1) is 0 Å². The van der Waals surface area contributed by atoms with Crippen molar-refractivity contribution >= 4 is 39.3 Å². The molecule has 1 saturated heterocycles. The Hall–Kier alpha value is -3.89. The number of benzene rings is 1. The van der Waals surface area contributed by atoms with Crippen molar-refractivity contribution < 1.29 is 13.7 Å². The fourth-order valence-corrected chi connectivity index (χ4v) is 6.23. The molecule has 3 atom stereocenters. The van der Waals surface area contributed by atoms with Gasteiger partial charge in [0.25, 0.3) is 5.91 Å². The number of rotatable bonds is 6. The first-order valence-corrected chi connectivity index (χ1v) is 15.0. The van der Waals surface area contributed by atoms with Crippen molar-refractivity contribution in [3.05, 3.63) is 77.6 Å². The summed E-state index contributed by atoms with van der Waals surface area (Å²) in [6.07, 6.45) is 4.57. The molecule has 1 amide bonds. The maximum Gasteiger partial charge on any atom is 0.251 e. The van der Waals surface area contributed by atoms with E-state index in [9.17, 15) is 9.00 Å². The molecule has 10 heteroatoms. The number of pyridine rings is 3. The summed E-state index contributed by atoms with van der Waals surface area (Å²) in [5.41, 5.74) is 5.59. The Morgan fingerprint density at radius 3 is 2.65 bits per heavy atom. The Balaban J connectivity index is 1.18. The highest BCUT2D eigenvalue weighted by Gasteiger charge is 2.24. The van der Waals surface area contributed by atoms with E-state index in [4.69, 9.17) is 14.7 Å². The lowest BCUT2D eigenvalue weighted by Crippen LogP contribution is -2.45. The van der Waals surface area contributed by atoms with E-state index in [1.165, 1.54) is 0 Å². The smallest absolute Gasteiger partial charge is 0.251 e. The molecular formula is C30H32N6O3S. The van der Waals surface area contributed by atoms with Gasteiger partial charge in [0.1, 0.15) is 16.8 Å². The number of nitrogens with zero attached hydrogens (tertiary/aromatic N) is 5. The molecule has 3 unspecified atom stereocenters. The van der Waals surface area contributed by atoms with Gasteiger partial charge in [0.05, 0.1) is 47.0 Å². The van der Waals surface area contributed by atoms with Crippen LogP contribution in [0.5, 0.6) is 0 Å². The first kappa shape index (κ1) is 26.3. The molecule has 1 aromatic carbocycles. The zero-order valence-corrected chi connectivity index (χ0v) is 23.6. The minimum atomic E-state index is -1.12. The summed E-state index contributed by atoms with van der Waals surface area (Å²) >= 11 is 0. The molecule has 1 fully saturated rings. The second kappa shape index (κ2) is 10.9. The van der Waals surface area contributed by atoms with Gasteiger partial charge in [-0.1, -0.05) is 12.1 Å². The SMILES string of the molecule is CC1CN(c2cccc(-c3ccc4cnc(CNC(=O)c5ccc6c(c5)N(S(C)=O)CC6)cc4n3)n2)CC(C)O1. The summed E-state index contributed by atoms with van der Waals surface area (Å²) in [4.78, 5) is 29.5. The largest absolute Gasteiger partial charge is 0.372 e. The van der Waals surface area contributed by atoms with Crippen LogP contribution in [0.25, 0.3) is 22.3 Å². The van der Waals surface area contributed by atoms with Crippen LogP contribution in [-0.4, -0.2) is 63.2 Å². The van der Waals surface area contributed by atoms with Gasteiger partial charge in [0, 0.05) is 43.0 Å². The molecule has 40 heavy (non-hydrogen) atoms. The Bertz CT molecular complexity index is 1600. The first-order valence-electron chi connectivity index (χ1n) is 13.5. The number of anilines is 2. The number of fused-ring (bicyclic) bond motifs is 2. The molecule has 0 radical (unpaired) electrons. The van der Waals surface area contributed by atoms with E-state index in [-0.39, 0.29) is 24.7 Å². The van der Waals surface area contributed by atoms with E-state index in [0.29, 0.717) is 17.8 Å². The monoisotopic (exact) mass is 556 g/mol. The number of nitrogens with one attached hydrogen (secondary N) is 1. The lowest BCUT2D eigenvalue weighted by molar-refractivity contribution is -0.00545. The summed E-state index contributed by atoms with van der Waals surface area (Å²) in [7, 11) is -1.12. The highest BCUT2D eigenvalue weighted by atomic mass is 32.2. The summed E-state index contributed by atoms with van der Waals surface area (Å²) < 4.78 is 19.7. The van der Waals surface area contributed by atoms with E-state index in [1.807, 2.05) is 58.9 Å². The number of carbonyl (C=O) groups is 1. The molecule has 2 aliphatic heterocycles. The quantitative estimate of drug-likeness (QED) is 0.385. The topological polar surface area (TPSA) is 101 Å². The fourth-order valence-electron chi connectivity index (χ4n) is 5.44. The summed E-state index contributed by atoms with van der Waals surface area (Å²) in [6, 6.07) is 17.4. The standard InChI is InChI=1S/C30H32N6O3S/c1-19-17-35(18-20(2)39-19)29-6-4-5-25(34-29)26-10-9-23-15-31-24(14-27(23)33-26)16-32-30(37)22-8-7-21-11-12-36(40(3)38)28(21)13-22/h4-10,13-15,19-20H,11-12,16-18H2,1-3H3,(H,32,37). The van der Waals surface area contributed by atoms with Crippen molar-refractivity contribution in [2.24, 2.45) is 0 Å². The van der Waals surface area contributed by atoms with Crippen molar-refractivity contribution in [2.45, 2.75) is 39.0 Å². The minimum absolute atomic E-state index is 0.152. The number of carbonyl (C=O) groups excluding carboxylic acids is 1. The third-order valence-electron chi connectivity index (χ3n) is 7.31. The lowest BCUT2D eigenvalue weighted by Gasteiger charge is -2.36. The summed E-state index contributed by atoms with van der Waals surface area (Å²) in [6.45, 7) is 6.73. The van der Waals surface area contributed by atoms with Crippen molar-refractivity contribution in [1.29, 1.82) is 0 Å². The number of hydrogen-bond acceptors (Lipinski definition) is 7. The van der Waals surface area contributed by atoms with Crippen LogP contribution in [0.3, 0.4) is 0 Å². The Morgan fingerprint density at radius 2 is 1.85 bits per heavy atom. The zero-order valence-electron chi connectivity index (χ0n) is 22.8. The van der Waals surface area contributed by atoms with E-state index in [1.54, 1.807) is 12.5 Å². The van der Waals surface area contributed by atoms with Gasteiger partial charge >= 0.3 is 0 Å². The van der Waals surface area contributed by atoms with Crippen LogP contribution in [0.1, 0.15) is 35.5 Å². The van der Waals surface area contributed by atoms with Gasteiger partial charge in [-0.15, -0.1) is 0 Å². The van der Waals surface area contributed by atoms with E-state index < -0.39 is 11.0 Å². The van der Waals surface area contributed by atoms with Gasteiger partial charge in [-0.25, -0.2) is 14.2 Å². The highest BCUT2D eigenvalue weighted by molar-refractivity contribution is 7.85. The number of hydrogen-bond donors (Lipinski definition) is 1. The van der Waals surface area contributed by atoms with Crippen molar-refractivity contribution in [3.8, 4) is 11.4 Å². The molecule has 5 heterocycles. The number of amides is 1. The third-order valence-corrected chi connectivity index (χ3v) is 8.31. The maximum absolute atomic E-state index is 12.9. The fraction of sp³-hybridized carbons (Fsp3) is 0.333. The minimum Gasteiger partial charge on any atom is -0.372 e. The Morgan fingerprint density at radius 1 is 1.05 bits per heavy atom. The average Bonchev–Trinajstić information content (AvgIpc) is 3.39. The molecule has 6 rings (SSSR count). The molecule has 0 saturated carbocycles. The van der Waals surface area contributed by atoms with Crippen molar-refractivity contribution in [3.63, 3.8) is 0 Å². The molecule has 3 aromatic heterocycles. The molecule has 2 aliphatic rings. The third kappa shape index (κ3) is 5.41. The second-order valence-electron chi connectivity index (χ2n) is 10.4. The van der Waals surface area contributed by atoms with Crippen LogP contribution in [-0.2, 0) is 28.7 Å². The normalized spacial score (nSPS) is 19.5. The van der Waals surface area contributed by atoms with Crippen molar-refractivity contribution in [2.75, 3.05) is 35.1 Å². The van der Waals surface area contributed by atoms with E-state index in [2.05, 4.69) is 29.0 Å². The van der Waals surface area contributed by atoms with E-state index in [0.717, 1.165) is 58.9 Å². The van der Waals surface area contributed by atoms with Crippen LogP contribution in [0.15, 0.2) is 60.8 Å². The van der Waals surface area contributed by atoms with Gasteiger partial charge in [0.15, 0.2) is 0 Å². The van der Waals surface area contributed by atoms with Gasteiger partial charge < -0.3 is 15.0 Å². The number of aromatic nitrogens is 3. The maximum atomic E-state index is 12.9. The van der Waals surface area contributed by atoms with E-state index >= 15 is 0 Å². The predicted octanol–water partition coefficient (Wildman–Crippen LogP) is 3.89. The highest BCUT2D eigenvalue weighted by Crippen LogP contribution is 2.30. The van der Waals surface area contributed by atoms with Crippen LogP contribution in [0.2, 0.25) is 0 Å². The molecule has 4 aromatic rings. The zero-order chi connectivity index (χ0) is 27.8. The molecule has 0 bridgehead atoms. The molecular weight excluding hydrogens is 524 g/mol. The number of morpholine rings is 1.